The average molecular weight is 312 g/mol. The van der Waals surface area contributed by atoms with Gasteiger partial charge in [-0.15, -0.1) is 5.11 Å². The fraction of sp³-hybridized carbons (Fsp3) is 0.0476. The number of benzene rings is 4. The van der Waals surface area contributed by atoms with E-state index in [1.54, 1.807) is 7.11 Å². The zero-order chi connectivity index (χ0) is 16.4. The molecular formula is C21H16N2O. The van der Waals surface area contributed by atoms with Crippen molar-refractivity contribution in [3.05, 3.63) is 78.9 Å². The summed E-state index contributed by atoms with van der Waals surface area (Å²) in [6.07, 6.45) is 0. The zero-order valence-electron chi connectivity index (χ0n) is 13.3. The minimum absolute atomic E-state index is 0.834. The molecule has 0 aliphatic heterocycles. The summed E-state index contributed by atoms with van der Waals surface area (Å²) in [4.78, 5) is 0. The second-order valence-electron chi connectivity index (χ2n) is 5.57. The van der Waals surface area contributed by atoms with Crippen molar-refractivity contribution in [1.29, 1.82) is 0 Å². The average Bonchev–Trinajstić information content (AvgIpc) is 2.65. The molecule has 0 radical (unpaired) electrons. The molecule has 0 N–H and O–H groups in total. The quantitative estimate of drug-likeness (QED) is 0.317. The third-order valence-electron chi connectivity index (χ3n) is 4.07. The van der Waals surface area contributed by atoms with Gasteiger partial charge in [0.25, 0.3) is 0 Å². The molecule has 3 heteroatoms. The Morgan fingerprint density at radius 3 is 2.04 bits per heavy atom. The molecule has 0 fully saturated rings. The molecule has 0 aliphatic carbocycles. The fourth-order valence-electron chi connectivity index (χ4n) is 2.86. The smallest absolute Gasteiger partial charge is 0.126 e. The number of methoxy groups -OCH3 is 1. The van der Waals surface area contributed by atoms with E-state index in [4.69, 9.17) is 4.74 Å². The van der Waals surface area contributed by atoms with Gasteiger partial charge in [-0.05, 0) is 47.2 Å². The highest BCUT2D eigenvalue weighted by Gasteiger charge is 2.08. The highest BCUT2D eigenvalue weighted by molar-refractivity contribution is 6.05. The van der Waals surface area contributed by atoms with Crippen LogP contribution in [0.4, 0.5) is 11.4 Å². The Hall–Kier alpha value is -3.20. The number of azo groups is 1. The lowest BCUT2D eigenvalue weighted by Gasteiger charge is -2.09. The van der Waals surface area contributed by atoms with Crippen molar-refractivity contribution in [3.63, 3.8) is 0 Å². The summed E-state index contributed by atoms with van der Waals surface area (Å²) in [5.41, 5.74) is 1.67. The van der Waals surface area contributed by atoms with Crippen molar-refractivity contribution in [2.24, 2.45) is 10.2 Å². The minimum Gasteiger partial charge on any atom is -0.496 e. The number of rotatable bonds is 3. The van der Waals surface area contributed by atoms with Gasteiger partial charge in [0.15, 0.2) is 0 Å². The first-order chi connectivity index (χ1) is 11.8. The van der Waals surface area contributed by atoms with Crippen LogP contribution in [-0.4, -0.2) is 7.11 Å². The molecule has 0 aliphatic rings. The van der Waals surface area contributed by atoms with Crippen LogP contribution >= 0.6 is 0 Å². The lowest BCUT2D eigenvalue weighted by atomic mass is 10.0. The minimum atomic E-state index is 0.834. The van der Waals surface area contributed by atoms with Crippen LogP contribution in [0.3, 0.4) is 0 Å². The summed E-state index contributed by atoms with van der Waals surface area (Å²) < 4.78 is 5.52. The number of hydrogen-bond acceptors (Lipinski definition) is 3. The molecule has 0 heterocycles. The van der Waals surface area contributed by atoms with Crippen molar-refractivity contribution in [2.45, 2.75) is 0 Å². The maximum absolute atomic E-state index is 5.52. The molecule has 0 atom stereocenters. The van der Waals surface area contributed by atoms with Crippen LogP contribution in [0.2, 0.25) is 0 Å². The molecule has 0 saturated carbocycles. The molecule has 24 heavy (non-hydrogen) atoms. The summed E-state index contributed by atoms with van der Waals surface area (Å²) in [7, 11) is 1.69. The number of ether oxygens (including phenoxy) is 1. The summed E-state index contributed by atoms with van der Waals surface area (Å²) in [6, 6.07) is 26.2. The lowest BCUT2D eigenvalue weighted by molar-refractivity contribution is 0.420. The highest BCUT2D eigenvalue weighted by atomic mass is 16.5. The summed E-state index contributed by atoms with van der Waals surface area (Å²) in [5.74, 6) is 0.842. The van der Waals surface area contributed by atoms with Gasteiger partial charge in [0, 0.05) is 10.8 Å². The van der Waals surface area contributed by atoms with E-state index in [1.165, 1.54) is 10.8 Å². The van der Waals surface area contributed by atoms with Gasteiger partial charge in [0.2, 0.25) is 0 Å². The lowest BCUT2D eigenvalue weighted by Crippen LogP contribution is -1.85. The summed E-state index contributed by atoms with van der Waals surface area (Å²) in [5, 5.41) is 13.2. The second-order valence-corrected chi connectivity index (χ2v) is 5.57. The van der Waals surface area contributed by atoms with E-state index in [-0.39, 0.29) is 0 Å². The van der Waals surface area contributed by atoms with Gasteiger partial charge >= 0.3 is 0 Å². The number of nitrogens with zero attached hydrogens (tertiary/aromatic N) is 2. The van der Waals surface area contributed by atoms with Crippen LogP contribution in [0.5, 0.6) is 5.75 Å². The third-order valence-corrected chi connectivity index (χ3v) is 4.07. The highest BCUT2D eigenvalue weighted by Crippen LogP contribution is 2.36. The molecule has 4 aromatic rings. The predicted octanol–water partition coefficient (Wildman–Crippen LogP) is 6.42. The monoisotopic (exact) mass is 312 g/mol. The van der Waals surface area contributed by atoms with Gasteiger partial charge in [-0.3, -0.25) is 0 Å². The van der Waals surface area contributed by atoms with E-state index in [2.05, 4.69) is 34.5 Å². The Morgan fingerprint density at radius 2 is 1.33 bits per heavy atom. The summed E-state index contributed by atoms with van der Waals surface area (Å²) >= 11 is 0. The van der Waals surface area contributed by atoms with Crippen molar-refractivity contribution >= 4 is 32.9 Å². The van der Waals surface area contributed by atoms with E-state index < -0.39 is 0 Å². The van der Waals surface area contributed by atoms with Crippen molar-refractivity contribution < 1.29 is 4.74 Å². The summed E-state index contributed by atoms with van der Waals surface area (Å²) in [6.45, 7) is 0. The molecule has 0 saturated heterocycles. The van der Waals surface area contributed by atoms with E-state index >= 15 is 0 Å². The van der Waals surface area contributed by atoms with Crippen molar-refractivity contribution in [1.82, 2.24) is 0 Å². The zero-order valence-corrected chi connectivity index (χ0v) is 13.3. The SMILES string of the molecule is COc1ccc(N=Nc2ccccc2)c2cc3ccccc3cc12. The van der Waals surface area contributed by atoms with Crippen LogP contribution in [0, 0.1) is 0 Å². The molecule has 0 amide bonds. The van der Waals surface area contributed by atoms with E-state index in [0.717, 1.165) is 27.9 Å². The van der Waals surface area contributed by atoms with Crippen molar-refractivity contribution in [3.8, 4) is 5.75 Å². The first-order valence-electron chi connectivity index (χ1n) is 7.81. The van der Waals surface area contributed by atoms with Gasteiger partial charge in [0.1, 0.15) is 5.75 Å². The third kappa shape index (κ3) is 2.61. The molecule has 0 spiro atoms. The molecule has 0 unspecified atom stereocenters. The predicted molar refractivity (Wildman–Crippen MR) is 98.6 cm³/mol. The Kier molecular flexibility index (Phi) is 3.67. The molecular weight excluding hydrogens is 296 g/mol. The van der Waals surface area contributed by atoms with Gasteiger partial charge in [-0.1, -0.05) is 42.5 Å². The van der Waals surface area contributed by atoms with E-state index in [9.17, 15) is 0 Å². The second kappa shape index (κ2) is 6.13. The Bertz CT molecular complexity index is 1040. The molecule has 3 nitrogen and oxygen atoms in total. The maximum atomic E-state index is 5.52. The Balaban J connectivity index is 1.92. The van der Waals surface area contributed by atoms with Gasteiger partial charge in [-0.25, -0.2) is 0 Å². The van der Waals surface area contributed by atoms with Gasteiger partial charge < -0.3 is 4.74 Å². The van der Waals surface area contributed by atoms with E-state index in [0.29, 0.717) is 0 Å². The van der Waals surface area contributed by atoms with Crippen LogP contribution in [0.15, 0.2) is 89.1 Å². The molecule has 4 rings (SSSR count). The Labute approximate surface area is 140 Å². The first kappa shape index (κ1) is 14.4. The first-order valence-corrected chi connectivity index (χ1v) is 7.81. The van der Waals surface area contributed by atoms with Crippen LogP contribution < -0.4 is 4.74 Å². The molecule has 4 aromatic carbocycles. The molecule has 0 bridgehead atoms. The maximum Gasteiger partial charge on any atom is 0.126 e. The number of hydrogen-bond donors (Lipinski definition) is 0. The molecule has 0 aromatic heterocycles. The Morgan fingerprint density at radius 1 is 0.667 bits per heavy atom. The standard InChI is InChI=1S/C21H16N2O/c1-24-21-12-11-20(23-22-17-9-3-2-4-10-17)18-13-15-7-5-6-8-16(15)14-19(18)21/h2-14H,1H3. The topological polar surface area (TPSA) is 34.0 Å². The fourth-order valence-corrected chi connectivity index (χ4v) is 2.86. The molecule has 116 valence electrons. The van der Waals surface area contributed by atoms with Gasteiger partial charge in [0.05, 0.1) is 18.5 Å². The van der Waals surface area contributed by atoms with Gasteiger partial charge in [-0.2, -0.15) is 5.11 Å². The largest absolute Gasteiger partial charge is 0.496 e. The van der Waals surface area contributed by atoms with Crippen LogP contribution in [0.25, 0.3) is 21.5 Å². The van der Waals surface area contributed by atoms with E-state index in [1.807, 2.05) is 54.6 Å². The number of fused-ring (bicyclic) bond motifs is 2. The van der Waals surface area contributed by atoms with Crippen LogP contribution in [0.1, 0.15) is 0 Å². The normalized spacial score (nSPS) is 11.4. The van der Waals surface area contributed by atoms with Crippen molar-refractivity contribution in [2.75, 3.05) is 7.11 Å². The van der Waals surface area contributed by atoms with Crippen LogP contribution in [-0.2, 0) is 0 Å².